The number of benzene rings is 3. The van der Waals surface area contributed by atoms with Crippen LogP contribution in [0.4, 0.5) is 11.5 Å². The number of amides is 1. The van der Waals surface area contributed by atoms with Crippen molar-refractivity contribution in [3.05, 3.63) is 146 Å². The Morgan fingerprint density at radius 2 is 1.78 bits per heavy atom. The van der Waals surface area contributed by atoms with Crippen molar-refractivity contribution < 1.29 is 85.8 Å². The van der Waals surface area contributed by atoms with Crippen LogP contribution in [0.25, 0.3) is 16.7 Å². The molecule has 8 rings (SSSR count). The molecule has 2 aliphatic carbocycles. The number of aliphatic hydroxyl groups excluding tert-OH is 1. The third-order valence-electron chi connectivity index (χ3n) is 11.2. The van der Waals surface area contributed by atoms with Crippen LogP contribution in [-0.4, -0.2) is 102 Å². The minimum atomic E-state index is -5.78. The number of nitro groups is 1. The lowest BCUT2D eigenvalue weighted by Gasteiger charge is -2.27. The molecule has 3 heterocycles. The number of anilines is 1. The van der Waals surface area contributed by atoms with E-state index in [0.717, 1.165) is 6.33 Å². The average molecular weight is 1050 g/mol. The van der Waals surface area contributed by atoms with Gasteiger partial charge in [0.05, 0.1) is 47.7 Å². The maximum Gasteiger partial charge on any atom is 0.490 e. The molecule has 26 nitrogen and oxygen atoms in total. The number of phosphoric ester groups is 1. The fourth-order valence-corrected chi connectivity index (χ4v) is 11.2. The number of phenolic OH excluding ortho intramolecular Hbond substituents is 1. The van der Waals surface area contributed by atoms with Gasteiger partial charge in [0.25, 0.3) is 11.6 Å². The first-order valence-corrected chi connectivity index (χ1v) is 25.5. The molecule has 29 heteroatoms. The van der Waals surface area contributed by atoms with E-state index in [1.165, 1.54) is 71.6 Å². The van der Waals surface area contributed by atoms with Gasteiger partial charge < -0.3 is 50.3 Å². The van der Waals surface area contributed by atoms with Gasteiger partial charge in [-0.05, 0) is 101 Å². The predicted octanol–water partition coefficient (Wildman–Crippen LogP) is 4.51. The van der Waals surface area contributed by atoms with Crippen LogP contribution in [0.15, 0.2) is 96.6 Å². The highest BCUT2D eigenvalue weighted by atomic mass is 31.3. The number of ketones is 1. The molecule has 1 saturated heterocycles. The van der Waals surface area contributed by atoms with Crippen molar-refractivity contribution in [3.63, 3.8) is 0 Å². The Kier molecular flexibility index (Phi) is 14.4. The molecule has 1 fully saturated rings. The predicted molar refractivity (Wildman–Crippen MR) is 247 cm³/mol. The first-order chi connectivity index (χ1) is 34.0. The topological polar surface area (TPSA) is 392 Å². The van der Waals surface area contributed by atoms with Gasteiger partial charge in [0.2, 0.25) is 0 Å². The normalized spacial score (nSPS) is 19.5. The molecule has 72 heavy (non-hydrogen) atoms. The second-order valence-electron chi connectivity index (χ2n) is 16.0. The Hall–Kier alpha value is -7.07. The summed E-state index contributed by atoms with van der Waals surface area (Å²) in [4.78, 5) is 99.4. The number of allylic oxidation sites excluding steroid dienone is 5. The lowest BCUT2D eigenvalue weighted by Crippen LogP contribution is -2.26. The number of nitrogens with one attached hydrogen (secondary N) is 2. The van der Waals surface area contributed by atoms with Gasteiger partial charge in [0.1, 0.15) is 24.4 Å². The van der Waals surface area contributed by atoms with Crippen LogP contribution >= 0.6 is 23.5 Å². The van der Waals surface area contributed by atoms with Gasteiger partial charge in [-0.25, -0.2) is 33.4 Å². The Bertz CT molecular complexity index is 3410. The Morgan fingerprint density at radius 3 is 2.51 bits per heavy atom. The number of ether oxygens (including phenoxy) is 1. The summed E-state index contributed by atoms with van der Waals surface area (Å²) in [6.07, 6.45) is 3.31. The van der Waals surface area contributed by atoms with E-state index in [1.807, 2.05) is 0 Å². The molecule has 0 radical (unpaired) electrons. The second-order valence-corrected chi connectivity index (χ2v) is 20.4. The number of nitro benzene ring substituents is 1. The summed E-state index contributed by atoms with van der Waals surface area (Å²) in [6, 6.07) is 12.2. The van der Waals surface area contributed by atoms with Crippen LogP contribution in [-0.2, 0) is 42.8 Å². The van der Waals surface area contributed by atoms with Gasteiger partial charge in [-0.15, -0.1) is 0 Å². The van der Waals surface area contributed by atoms with Crippen LogP contribution in [0.3, 0.4) is 0 Å². The minimum absolute atomic E-state index is 0.0144. The largest absolute Gasteiger partial charge is 0.508 e. The molecule has 3 aromatic carbocycles. The molecule has 1 amide bonds. The second kappa shape index (κ2) is 20.2. The zero-order valence-electron chi connectivity index (χ0n) is 36.8. The SMILES string of the molecule is CC(Nc1ncnc2c1ncn2[C@H]1C[C@H](O)[C@@H](COP(=O)(O)OP(=O)(O)OP(=O)(O)O)O1)c1ccc(C#CCNC(=O)c2ccc(C(=O)O)c(C3=C4C=CC(=O)C=C4Cc4cc(O)ccc43)c2)cc1[N+](=O)[O-]. The summed E-state index contributed by atoms with van der Waals surface area (Å²) in [5, 5.41) is 49.1. The number of aromatic nitrogens is 4. The van der Waals surface area contributed by atoms with E-state index < -0.39 is 71.4 Å². The molecule has 9 N–H and O–H groups in total. The van der Waals surface area contributed by atoms with Crippen molar-refractivity contribution in [2.75, 3.05) is 18.5 Å². The highest BCUT2D eigenvalue weighted by molar-refractivity contribution is 7.66. The van der Waals surface area contributed by atoms with Gasteiger partial charge in [-0.2, -0.15) is 8.62 Å². The molecule has 2 aromatic heterocycles. The number of aliphatic hydroxyl groups is 1. The molecule has 0 saturated carbocycles. The maximum atomic E-state index is 13.5. The average Bonchev–Trinajstić information content (AvgIpc) is 3.90. The smallest absolute Gasteiger partial charge is 0.490 e. The zero-order valence-corrected chi connectivity index (χ0v) is 39.5. The third-order valence-corrected chi connectivity index (χ3v) is 15.0. The lowest BCUT2D eigenvalue weighted by atomic mass is 9.76. The molecule has 1 aliphatic heterocycles. The van der Waals surface area contributed by atoms with Crippen molar-refractivity contribution in [1.29, 1.82) is 0 Å². The molecule has 3 aliphatic rings. The maximum absolute atomic E-state index is 13.5. The summed E-state index contributed by atoms with van der Waals surface area (Å²) < 4.78 is 53.9. The number of carboxylic acids is 1. The van der Waals surface area contributed by atoms with Gasteiger partial charge in [0, 0.05) is 23.6 Å². The summed E-state index contributed by atoms with van der Waals surface area (Å²) >= 11 is 0. The van der Waals surface area contributed by atoms with Crippen LogP contribution in [0, 0.1) is 22.0 Å². The number of rotatable bonds is 16. The molecule has 3 unspecified atom stereocenters. The van der Waals surface area contributed by atoms with E-state index >= 15 is 0 Å². The van der Waals surface area contributed by atoms with E-state index in [2.05, 4.69) is 50.6 Å². The Balaban J connectivity index is 0.931. The number of carbonyl (C=O) groups is 3. The highest BCUT2D eigenvalue weighted by Crippen LogP contribution is 2.66. The van der Waals surface area contributed by atoms with Crippen molar-refractivity contribution in [1.82, 2.24) is 24.8 Å². The summed E-state index contributed by atoms with van der Waals surface area (Å²) in [7, 11) is -16.9. The van der Waals surface area contributed by atoms with E-state index in [0.29, 0.717) is 34.3 Å². The summed E-state index contributed by atoms with van der Waals surface area (Å²) in [5.74, 6) is 3.58. The van der Waals surface area contributed by atoms with Crippen molar-refractivity contribution >= 4 is 69.4 Å². The van der Waals surface area contributed by atoms with Crippen LogP contribution in [0.2, 0.25) is 0 Å². The number of phosphoric acid groups is 3. The first-order valence-electron chi connectivity index (χ1n) is 20.9. The van der Waals surface area contributed by atoms with Gasteiger partial charge >= 0.3 is 29.4 Å². The summed E-state index contributed by atoms with van der Waals surface area (Å²) in [5.41, 5.74) is 3.64. The van der Waals surface area contributed by atoms with Crippen molar-refractivity contribution in [3.8, 4) is 17.6 Å². The zero-order chi connectivity index (χ0) is 51.9. The van der Waals surface area contributed by atoms with Gasteiger partial charge in [0.15, 0.2) is 22.8 Å². The van der Waals surface area contributed by atoms with E-state index in [1.54, 1.807) is 19.1 Å². The van der Waals surface area contributed by atoms with Crippen molar-refractivity contribution in [2.24, 2.45) is 0 Å². The molecule has 0 spiro atoms. The number of nitrogens with zero attached hydrogens (tertiary/aromatic N) is 5. The number of carbonyl (C=O) groups excluding carboxylic acids is 2. The standard InChI is InChI=1S/C43H38N7O19P3/c1-22(48-40-39-41(46-20-45-40)49(21-47-39)37-18-35(53)36(67-37)19-66-71(62,63)69-72(64,65)68-70(59,60)61)29-8-4-23(13-34(29)50(57)58)3-2-12-44-42(54)24-5-9-32(43(55)56)33(17-24)38-30-10-6-27(51)15-25(30)14-26-16-28(52)7-11-31(26)38/h4-11,13,15-17,20-22,35-37,51,53H,12,14,18-19H2,1H3,(H,44,54)(H,55,56)(H,62,63)(H,64,65)(H,45,46,48)(H2,59,60,61)/t22?,35-,36+,37+/m0/s1. The third kappa shape index (κ3) is 11.5. The summed E-state index contributed by atoms with van der Waals surface area (Å²) in [6.45, 7) is 0.507. The number of phenols is 1. The number of hydrogen-bond donors (Lipinski definition) is 9. The van der Waals surface area contributed by atoms with E-state index in [-0.39, 0.29) is 75.0 Å². The monoisotopic (exact) mass is 1050 g/mol. The fraction of sp³-hybridized carbons (Fsp3) is 0.209. The van der Waals surface area contributed by atoms with Crippen LogP contribution < -0.4 is 10.6 Å². The number of imidazole rings is 1. The molecular formula is C43H38N7O19P3. The number of hydrogen-bond acceptors (Lipinski definition) is 18. The van der Waals surface area contributed by atoms with E-state index in [4.69, 9.17) is 14.5 Å². The first kappa shape index (κ1) is 51.3. The van der Waals surface area contributed by atoms with Crippen LogP contribution in [0.1, 0.15) is 74.1 Å². The lowest BCUT2D eigenvalue weighted by molar-refractivity contribution is -0.385. The number of carboxylic acid groups (broad SMARTS) is 1. The number of aromatic hydroxyl groups is 1. The van der Waals surface area contributed by atoms with Crippen LogP contribution in [0.5, 0.6) is 5.75 Å². The number of aromatic carboxylic acids is 1. The molecule has 0 bridgehead atoms. The van der Waals surface area contributed by atoms with Gasteiger partial charge in [-0.3, -0.25) is 28.8 Å². The highest BCUT2D eigenvalue weighted by Gasteiger charge is 2.43. The minimum Gasteiger partial charge on any atom is -0.508 e. The molecule has 6 atom stereocenters. The van der Waals surface area contributed by atoms with E-state index in [9.17, 15) is 63.3 Å². The number of fused-ring (bicyclic) bond motifs is 3. The fourth-order valence-electron chi connectivity index (χ4n) is 8.13. The molecule has 374 valence electrons. The van der Waals surface area contributed by atoms with Crippen molar-refractivity contribution in [2.45, 2.75) is 44.2 Å². The Morgan fingerprint density at radius 1 is 1.00 bits per heavy atom. The Labute approximate surface area is 404 Å². The quantitative estimate of drug-likeness (QED) is 0.0284. The molecule has 5 aromatic rings. The van der Waals surface area contributed by atoms with Gasteiger partial charge in [-0.1, -0.05) is 24.0 Å². The molecular weight excluding hydrogens is 1010 g/mol.